The third-order valence-corrected chi connectivity index (χ3v) is 12.4. The molecule has 0 saturated heterocycles. The summed E-state index contributed by atoms with van der Waals surface area (Å²) in [6, 6.07) is 5.40. The van der Waals surface area contributed by atoms with Crippen molar-refractivity contribution in [2.45, 2.75) is 228 Å². The Bertz CT molecular complexity index is 2610. The lowest BCUT2D eigenvalue weighted by atomic mass is 9.96. The quantitative estimate of drug-likeness (QED) is 0.0498. The molecule has 0 aliphatic heterocycles. The molecule has 0 aliphatic rings. The third kappa shape index (κ3) is 19.9. The Labute approximate surface area is 459 Å². The van der Waals surface area contributed by atoms with E-state index < -0.39 is 85.2 Å². The second-order valence-corrected chi connectivity index (χ2v) is 26.6. The molecule has 0 saturated carbocycles. The molecule has 0 radical (unpaired) electrons. The minimum atomic E-state index is -1.18. The van der Waals surface area contributed by atoms with Gasteiger partial charge in [0.15, 0.2) is 11.5 Å². The molecular formula is C63H93NO13. The lowest BCUT2D eigenvalue weighted by molar-refractivity contribution is -0.146. The van der Waals surface area contributed by atoms with Crippen molar-refractivity contribution in [2.24, 2.45) is 32.5 Å². The van der Waals surface area contributed by atoms with E-state index in [0.29, 0.717) is 6.42 Å². The first kappa shape index (κ1) is 65.5. The van der Waals surface area contributed by atoms with E-state index in [1.54, 1.807) is 131 Å². The minimum absolute atomic E-state index is 0.00356. The lowest BCUT2D eigenvalue weighted by Crippen LogP contribution is -2.30. The van der Waals surface area contributed by atoms with Crippen LogP contribution in [0.5, 0.6) is 34.5 Å². The Morgan fingerprint density at radius 1 is 0.416 bits per heavy atom. The number of esters is 6. The highest BCUT2D eigenvalue weighted by atomic mass is 16.6. The Kier molecular flexibility index (Phi) is 23.1. The Balaban J connectivity index is 2.54. The van der Waals surface area contributed by atoms with Gasteiger partial charge in [-0.25, -0.2) is 0 Å². The van der Waals surface area contributed by atoms with Crippen LogP contribution in [-0.2, 0) is 28.8 Å². The summed E-state index contributed by atoms with van der Waals surface area (Å²) < 4.78 is 37.9. The largest absolute Gasteiger partial charge is 0.426 e. The maximum absolute atomic E-state index is 15.6. The van der Waals surface area contributed by atoms with E-state index in [4.69, 9.17) is 28.4 Å². The van der Waals surface area contributed by atoms with E-state index in [0.717, 1.165) is 25.7 Å². The zero-order valence-electron chi connectivity index (χ0n) is 50.3. The van der Waals surface area contributed by atoms with Crippen LogP contribution in [0, 0.1) is 32.5 Å². The number of ether oxygens (including phenoxy) is 6. The SMILES string of the molecule is CCCCCCCCCCCCCCCCC=Cn1c(-c2cc(OC(=O)C(C)(C)C)c(OC(=O)C(C)(C)C)c(OC(=O)C(C)(C)C)c2)c(OC(=O)C(C)(C)C)c(=O)c2c(OC(=O)C(C)(C)C)cc(OC(=O)C(C)(C)C)cc21. The number of fused-ring (bicyclic) bond motifs is 1. The summed E-state index contributed by atoms with van der Waals surface area (Å²) in [6.07, 6.45) is 20.8. The second-order valence-electron chi connectivity index (χ2n) is 26.6. The fourth-order valence-corrected chi connectivity index (χ4v) is 7.22. The van der Waals surface area contributed by atoms with Crippen molar-refractivity contribution in [3.63, 3.8) is 0 Å². The van der Waals surface area contributed by atoms with Crippen LogP contribution in [0.1, 0.15) is 228 Å². The Hall–Kier alpha value is -5.79. The van der Waals surface area contributed by atoms with E-state index in [9.17, 15) is 28.8 Å². The van der Waals surface area contributed by atoms with Crippen molar-refractivity contribution in [2.75, 3.05) is 0 Å². The molecule has 0 aliphatic carbocycles. The van der Waals surface area contributed by atoms with Crippen molar-refractivity contribution in [3.8, 4) is 45.8 Å². The van der Waals surface area contributed by atoms with Gasteiger partial charge in [0.1, 0.15) is 17.2 Å². The molecule has 0 fully saturated rings. The molecular weight excluding hydrogens is 979 g/mol. The molecule has 0 bridgehead atoms. The monoisotopic (exact) mass is 1070 g/mol. The zero-order chi connectivity index (χ0) is 58.5. The summed E-state index contributed by atoms with van der Waals surface area (Å²) in [5, 5.41) is -0.200. The van der Waals surface area contributed by atoms with E-state index in [-0.39, 0.29) is 45.2 Å². The fraction of sp³-hybridized carbons (Fsp3) is 0.635. The van der Waals surface area contributed by atoms with Crippen molar-refractivity contribution in [3.05, 3.63) is 40.6 Å². The summed E-state index contributed by atoms with van der Waals surface area (Å²) in [5.41, 5.74) is -7.51. The molecule has 3 rings (SSSR count). The van der Waals surface area contributed by atoms with Crippen LogP contribution < -0.4 is 33.8 Å². The van der Waals surface area contributed by atoms with E-state index >= 15 is 4.79 Å². The number of carbonyl (C=O) groups excluding carboxylic acids is 6. The Morgan fingerprint density at radius 3 is 1.14 bits per heavy atom. The third-order valence-electron chi connectivity index (χ3n) is 12.4. The van der Waals surface area contributed by atoms with Crippen molar-refractivity contribution in [1.82, 2.24) is 4.57 Å². The molecule has 0 amide bonds. The predicted octanol–water partition coefficient (Wildman–Crippen LogP) is 15.7. The van der Waals surface area contributed by atoms with Gasteiger partial charge in [-0.3, -0.25) is 33.6 Å². The Morgan fingerprint density at radius 2 is 0.753 bits per heavy atom. The number of rotatable bonds is 23. The highest BCUT2D eigenvalue weighted by Crippen LogP contribution is 2.47. The van der Waals surface area contributed by atoms with Gasteiger partial charge < -0.3 is 33.0 Å². The molecule has 0 N–H and O–H groups in total. The first-order valence-electron chi connectivity index (χ1n) is 27.8. The van der Waals surface area contributed by atoms with Crippen molar-refractivity contribution < 1.29 is 57.2 Å². The van der Waals surface area contributed by atoms with E-state index in [1.165, 1.54) is 93.0 Å². The fourth-order valence-electron chi connectivity index (χ4n) is 7.22. The lowest BCUT2D eigenvalue weighted by Gasteiger charge is -2.26. The summed E-state index contributed by atoms with van der Waals surface area (Å²) in [6.45, 7) is 31.7. The van der Waals surface area contributed by atoms with Gasteiger partial charge in [0.25, 0.3) is 0 Å². The smallest absolute Gasteiger partial charge is 0.316 e. The minimum Gasteiger partial charge on any atom is -0.426 e. The molecule has 1 aromatic heterocycles. The molecule has 14 heteroatoms. The van der Waals surface area contributed by atoms with Crippen LogP contribution >= 0.6 is 0 Å². The van der Waals surface area contributed by atoms with Gasteiger partial charge >= 0.3 is 35.8 Å². The number of hydrogen-bond acceptors (Lipinski definition) is 13. The number of benzene rings is 2. The molecule has 77 heavy (non-hydrogen) atoms. The first-order chi connectivity index (χ1) is 35.4. The summed E-state index contributed by atoms with van der Waals surface area (Å²) >= 11 is 0. The van der Waals surface area contributed by atoms with Gasteiger partial charge in [-0.05, 0) is 150 Å². The summed E-state index contributed by atoms with van der Waals surface area (Å²) in [5.74, 6) is -6.42. The zero-order valence-corrected chi connectivity index (χ0v) is 50.3. The number of allylic oxidation sites excluding steroid dienone is 1. The van der Waals surface area contributed by atoms with Crippen molar-refractivity contribution in [1.29, 1.82) is 0 Å². The maximum atomic E-state index is 15.6. The van der Waals surface area contributed by atoms with Crippen LogP contribution in [0.4, 0.5) is 0 Å². The van der Waals surface area contributed by atoms with Crippen LogP contribution in [-0.4, -0.2) is 40.4 Å². The van der Waals surface area contributed by atoms with Crippen LogP contribution in [0.25, 0.3) is 28.4 Å². The summed E-state index contributed by atoms with van der Waals surface area (Å²) in [4.78, 5) is 98.7. The van der Waals surface area contributed by atoms with Gasteiger partial charge in [-0.2, -0.15) is 0 Å². The molecule has 14 nitrogen and oxygen atoms in total. The molecule has 0 atom stereocenters. The number of unbranched alkanes of at least 4 members (excludes halogenated alkanes) is 14. The number of nitrogens with zero attached hydrogens (tertiary/aromatic N) is 1. The normalized spacial score (nSPS) is 12.7. The van der Waals surface area contributed by atoms with Crippen molar-refractivity contribution >= 4 is 52.9 Å². The van der Waals surface area contributed by atoms with Crippen LogP contribution in [0.3, 0.4) is 0 Å². The average molecular weight is 1070 g/mol. The van der Waals surface area contributed by atoms with Gasteiger partial charge in [0.05, 0.1) is 43.4 Å². The number of carbonyl (C=O) groups is 6. The average Bonchev–Trinajstić information content (AvgIpc) is 3.28. The molecule has 428 valence electrons. The predicted molar refractivity (Wildman–Crippen MR) is 304 cm³/mol. The van der Waals surface area contributed by atoms with Gasteiger partial charge in [0, 0.05) is 23.9 Å². The highest BCUT2D eigenvalue weighted by Gasteiger charge is 2.36. The number of aromatic nitrogens is 1. The standard InChI is InChI=1S/C63H93NO13/c1-20-21-22-23-24-25-26-27-28-29-30-31-32-33-34-35-36-64-43-39-42(72-52(66)58(2,3)4)40-44(73-53(67)59(5,6)7)47(43)49(65)51(77-57(71)63(17,18)19)48(64)41-37-45(74-54(68)60(8,9)10)50(76-56(70)62(14,15)16)46(38-41)75-55(69)61(11,12)13/h35-40H,20-34H2,1-19H3. The van der Waals surface area contributed by atoms with Crippen LogP contribution in [0.2, 0.25) is 0 Å². The molecule has 0 spiro atoms. The molecule has 0 unspecified atom stereocenters. The molecule has 3 aromatic rings. The second kappa shape index (κ2) is 27.2. The highest BCUT2D eigenvalue weighted by molar-refractivity contribution is 5.97. The number of hydrogen-bond donors (Lipinski definition) is 0. The van der Waals surface area contributed by atoms with E-state index in [2.05, 4.69) is 6.92 Å². The van der Waals surface area contributed by atoms with Gasteiger partial charge in [-0.15, -0.1) is 0 Å². The van der Waals surface area contributed by atoms with Gasteiger partial charge in [-0.1, -0.05) is 96.5 Å². The topological polar surface area (TPSA) is 180 Å². The summed E-state index contributed by atoms with van der Waals surface area (Å²) in [7, 11) is 0. The maximum Gasteiger partial charge on any atom is 0.316 e. The van der Waals surface area contributed by atoms with E-state index in [1.807, 2.05) is 6.08 Å². The van der Waals surface area contributed by atoms with Crippen LogP contribution in [0.15, 0.2) is 35.1 Å². The molecule has 2 aromatic carbocycles. The number of pyridine rings is 1. The first-order valence-corrected chi connectivity index (χ1v) is 27.8. The molecule has 1 heterocycles. The van der Waals surface area contributed by atoms with Gasteiger partial charge in [0.2, 0.25) is 16.9 Å².